The van der Waals surface area contributed by atoms with Crippen molar-refractivity contribution in [3.63, 3.8) is 0 Å². The van der Waals surface area contributed by atoms with Crippen molar-refractivity contribution < 1.29 is 32.1 Å². The Labute approximate surface area is 214 Å². The molecule has 6 rings (SSSR count). The molecule has 0 unspecified atom stereocenters. The highest BCUT2D eigenvalue weighted by Crippen LogP contribution is 2.51. The lowest BCUT2D eigenvalue weighted by Gasteiger charge is -2.19. The van der Waals surface area contributed by atoms with Gasteiger partial charge in [-0.2, -0.15) is 0 Å². The molecule has 6 nitrogen and oxygen atoms in total. The number of hydrogen-bond donors (Lipinski definition) is 1. The molecule has 0 radical (unpaired) electrons. The zero-order valence-corrected chi connectivity index (χ0v) is 20.8. The highest BCUT2D eigenvalue weighted by molar-refractivity contribution is 5.98. The number of phenols is 1. The third-order valence-corrected chi connectivity index (χ3v) is 7.20. The van der Waals surface area contributed by atoms with Gasteiger partial charge < -0.3 is 14.6 Å². The molecular weight excluding hydrogens is 502 g/mol. The van der Waals surface area contributed by atoms with Crippen molar-refractivity contribution in [3.8, 4) is 17.4 Å². The van der Waals surface area contributed by atoms with E-state index >= 15 is 0 Å². The summed E-state index contributed by atoms with van der Waals surface area (Å²) in [7, 11) is 0. The maximum absolute atomic E-state index is 14.7. The van der Waals surface area contributed by atoms with Crippen molar-refractivity contribution in [2.24, 2.45) is 4.99 Å². The molecule has 0 bridgehead atoms. The van der Waals surface area contributed by atoms with Gasteiger partial charge in [0, 0.05) is 23.1 Å². The molecule has 1 N–H and O–H groups in total. The number of aromatic hydroxyl groups is 1. The van der Waals surface area contributed by atoms with Gasteiger partial charge in [-0.3, -0.25) is 0 Å². The number of aliphatic imine (C=N–C) groups is 1. The number of hydrogen-bond acceptors (Lipinski definition) is 6. The highest BCUT2D eigenvalue weighted by atomic mass is 19.2. The van der Waals surface area contributed by atoms with Crippen LogP contribution in [0.25, 0.3) is 11.0 Å². The van der Waals surface area contributed by atoms with Gasteiger partial charge in [-0.05, 0) is 68.7 Å². The van der Waals surface area contributed by atoms with Crippen LogP contribution in [-0.4, -0.2) is 26.5 Å². The predicted octanol–water partition coefficient (Wildman–Crippen LogP) is 6.44. The highest BCUT2D eigenvalue weighted by Gasteiger charge is 2.53. The third-order valence-electron chi connectivity index (χ3n) is 7.20. The summed E-state index contributed by atoms with van der Waals surface area (Å²) in [6, 6.07) is 6.81. The molecule has 1 aliphatic heterocycles. The molecule has 194 valence electrons. The minimum absolute atomic E-state index is 0.0208. The van der Waals surface area contributed by atoms with Gasteiger partial charge >= 0.3 is 0 Å². The quantitative estimate of drug-likeness (QED) is 0.190. The fourth-order valence-electron chi connectivity index (χ4n) is 5.17. The van der Waals surface area contributed by atoms with E-state index in [0.29, 0.717) is 16.8 Å². The Morgan fingerprint density at radius 2 is 1.74 bits per heavy atom. The van der Waals surface area contributed by atoms with Gasteiger partial charge in [-0.1, -0.05) is 0 Å². The molecule has 0 fully saturated rings. The summed E-state index contributed by atoms with van der Waals surface area (Å²) in [4.78, 5) is 13.3. The van der Waals surface area contributed by atoms with Crippen molar-refractivity contribution in [2.75, 3.05) is 0 Å². The van der Waals surface area contributed by atoms with Gasteiger partial charge in [0.1, 0.15) is 22.6 Å². The standard InChI is InChI=1S/C28H21F4N3O3/c1-11-5-17-25(18(36)6-11)34-19(10-33-17)37-14-7-12(2)13(3)15(8-14)27-35-28(4)9-16-20(26(28)38-27)22(30)24(32)23(31)21(16)29/h5-8,10,26,36H,9H2,1-4H3/t26-,28+/m1/s1. The topological polar surface area (TPSA) is 76.8 Å². The molecule has 0 amide bonds. The molecule has 0 saturated heterocycles. The van der Waals surface area contributed by atoms with Crippen molar-refractivity contribution in [1.29, 1.82) is 0 Å². The summed E-state index contributed by atoms with van der Waals surface area (Å²) in [5, 5.41) is 10.3. The zero-order valence-electron chi connectivity index (χ0n) is 20.8. The van der Waals surface area contributed by atoms with Crippen LogP contribution in [0.2, 0.25) is 0 Å². The maximum Gasteiger partial charge on any atom is 0.238 e. The largest absolute Gasteiger partial charge is 0.506 e. The van der Waals surface area contributed by atoms with E-state index in [9.17, 15) is 22.7 Å². The van der Waals surface area contributed by atoms with E-state index in [1.54, 1.807) is 31.2 Å². The minimum atomic E-state index is -1.87. The maximum atomic E-state index is 14.7. The third kappa shape index (κ3) is 3.50. The molecule has 38 heavy (non-hydrogen) atoms. The van der Waals surface area contributed by atoms with Crippen molar-refractivity contribution in [2.45, 2.75) is 45.8 Å². The SMILES string of the molecule is Cc1cc(O)c2nc(Oc3cc(C)c(C)c(C4=N[C@@]5(C)Cc6c(F)c(F)c(F)c(F)c6[C@H]5O4)c3)cnc2c1. The van der Waals surface area contributed by atoms with Crippen LogP contribution in [0, 0.1) is 44.0 Å². The number of fused-ring (bicyclic) bond motifs is 4. The summed E-state index contributed by atoms with van der Waals surface area (Å²) in [6.45, 7) is 7.16. The van der Waals surface area contributed by atoms with Gasteiger partial charge in [-0.25, -0.2) is 32.5 Å². The van der Waals surface area contributed by atoms with E-state index in [1.807, 2.05) is 20.8 Å². The Bertz CT molecular complexity index is 1720. The lowest BCUT2D eigenvalue weighted by molar-refractivity contribution is 0.159. The number of ether oxygens (including phenoxy) is 2. The van der Waals surface area contributed by atoms with Crippen LogP contribution in [0.5, 0.6) is 17.4 Å². The molecule has 2 aliphatic rings. The number of rotatable bonds is 3. The van der Waals surface area contributed by atoms with Crippen LogP contribution in [0.15, 0.2) is 35.5 Å². The van der Waals surface area contributed by atoms with Crippen molar-refractivity contribution >= 4 is 16.9 Å². The summed E-state index contributed by atoms with van der Waals surface area (Å²) >= 11 is 0. The van der Waals surface area contributed by atoms with Gasteiger partial charge in [0.25, 0.3) is 0 Å². The number of halogens is 4. The Morgan fingerprint density at radius 3 is 2.50 bits per heavy atom. The summed E-state index contributed by atoms with van der Waals surface area (Å²) in [6.07, 6.45) is 0.159. The second kappa shape index (κ2) is 8.14. The van der Waals surface area contributed by atoms with E-state index < -0.39 is 34.9 Å². The van der Waals surface area contributed by atoms with E-state index in [4.69, 9.17) is 9.47 Å². The van der Waals surface area contributed by atoms with Gasteiger partial charge in [0.2, 0.25) is 11.8 Å². The second-order valence-electron chi connectivity index (χ2n) is 9.97. The van der Waals surface area contributed by atoms with Crippen LogP contribution in [-0.2, 0) is 11.2 Å². The summed E-state index contributed by atoms with van der Waals surface area (Å²) < 4.78 is 69.0. The fraction of sp³-hybridized carbons (Fsp3) is 0.250. The Morgan fingerprint density at radius 1 is 1.00 bits per heavy atom. The molecule has 3 aromatic carbocycles. The average Bonchev–Trinajstić information content (AvgIpc) is 3.34. The molecule has 1 aliphatic carbocycles. The Kier molecular flexibility index (Phi) is 5.17. The number of aromatic nitrogens is 2. The normalized spacial score (nSPS) is 19.8. The monoisotopic (exact) mass is 523 g/mol. The molecule has 2 heterocycles. The smallest absolute Gasteiger partial charge is 0.238 e. The first kappa shape index (κ1) is 24.1. The van der Waals surface area contributed by atoms with E-state index in [-0.39, 0.29) is 40.6 Å². The predicted molar refractivity (Wildman–Crippen MR) is 131 cm³/mol. The van der Waals surface area contributed by atoms with Crippen LogP contribution >= 0.6 is 0 Å². The lowest BCUT2D eigenvalue weighted by atomic mass is 9.97. The number of aryl methyl sites for hydroxylation is 2. The second-order valence-corrected chi connectivity index (χ2v) is 9.97. The van der Waals surface area contributed by atoms with Crippen LogP contribution < -0.4 is 4.74 Å². The fourth-order valence-corrected chi connectivity index (χ4v) is 5.17. The molecule has 10 heteroatoms. The van der Waals surface area contributed by atoms with Crippen LogP contribution in [0.1, 0.15) is 46.4 Å². The number of benzene rings is 3. The molecule has 2 atom stereocenters. The van der Waals surface area contributed by atoms with Gasteiger partial charge in [-0.15, -0.1) is 0 Å². The first-order valence-electron chi connectivity index (χ1n) is 11.8. The number of phenolic OH excluding ortho intramolecular Hbond substituents is 1. The molecule has 4 aromatic rings. The van der Waals surface area contributed by atoms with Gasteiger partial charge in [0.05, 0.1) is 11.7 Å². The zero-order chi connectivity index (χ0) is 27.1. The van der Waals surface area contributed by atoms with Gasteiger partial charge in [0.15, 0.2) is 29.4 Å². The first-order valence-corrected chi connectivity index (χ1v) is 11.8. The molecule has 1 aromatic heterocycles. The summed E-state index contributed by atoms with van der Waals surface area (Å²) in [5.74, 6) is -5.95. The molecule has 0 saturated carbocycles. The summed E-state index contributed by atoms with van der Waals surface area (Å²) in [5.41, 5.74) is 2.02. The molecular formula is C28H21F4N3O3. The van der Waals surface area contributed by atoms with Crippen molar-refractivity contribution in [1.82, 2.24) is 9.97 Å². The Balaban J connectivity index is 1.37. The minimum Gasteiger partial charge on any atom is -0.506 e. The van der Waals surface area contributed by atoms with Crippen molar-refractivity contribution in [3.05, 3.63) is 87.1 Å². The van der Waals surface area contributed by atoms with E-state index in [2.05, 4.69) is 15.0 Å². The average molecular weight is 523 g/mol. The van der Waals surface area contributed by atoms with E-state index in [1.165, 1.54) is 6.20 Å². The molecule has 0 spiro atoms. The lowest BCUT2D eigenvalue weighted by Crippen LogP contribution is -2.24. The van der Waals surface area contributed by atoms with E-state index in [0.717, 1.165) is 16.7 Å². The first-order chi connectivity index (χ1) is 18.0. The van der Waals surface area contributed by atoms with Crippen LogP contribution in [0.4, 0.5) is 17.6 Å². The Hall–Kier alpha value is -4.21. The number of nitrogens with zero attached hydrogens (tertiary/aromatic N) is 3. The van der Waals surface area contributed by atoms with Crippen LogP contribution in [0.3, 0.4) is 0 Å².